The second-order valence-electron chi connectivity index (χ2n) is 22.7. The normalized spacial score (nSPS) is 18.6. The summed E-state index contributed by atoms with van der Waals surface area (Å²) in [6.07, 6.45) is 12.5. The highest BCUT2D eigenvalue weighted by Crippen LogP contribution is 2.36. The van der Waals surface area contributed by atoms with Crippen LogP contribution in [0.2, 0.25) is 0 Å². The molecule has 426 valence electrons. The van der Waals surface area contributed by atoms with Crippen LogP contribution in [0.15, 0.2) is 130 Å². The van der Waals surface area contributed by atoms with E-state index in [4.69, 9.17) is 23.2 Å². The van der Waals surface area contributed by atoms with Gasteiger partial charge in [0.25, 0.3) is 0 Å². The maximum atomic E-state index is 12.6. The number of alkyl halides is 2. The Bertz CT molecular complexity index is 2200. The Kier molecular flexibility index (Phi) is 32.7. The molecular formula is C62H96Cl2N4O4S4. The Morgan fingerprint density at radius 3 is 1.00 bits per heavy atom. The van der Waals surface area contributed by atoms with E-state index in [1.54, 1.807) is 0 Å². The van der Waals surface area contributed by atoms with E-state index in [0.29, 0.717) is 23.8 Å². The third-order valence-corrected chi connectivity index (χ3v) is 19.2. The number of halogens is 2. The fourth-order valence-electron chi connectivity index (χ4n) is 7.92. The van der Waals surface area contributed by atoms with Crippen molar-refractivity contribution in [1.29, 1.82) is 0 Å². The van der Waals surface area contributed by atoms with Gasteiger partial charge in [-0.25, -0.2) is 25.4 Å². The van der Waals surface area contributed by atoms with Crippen molar-refractivity contribution in [2.45, 2.75) is 205 Å². The molecule has 2 saturated heterocycles. The SMILES string of the molecule is CC.CC(C)(C)[S@](=O)N1CCCC[C@@H]1c1ccccc1.CC(C)(C)[S@](=O)N1CCCC[C@H]1c1ccccc1.CC(C)(C)[S@](=O)N=C(CCCCCl)c1ccccc1.CC(C)(C)[S@](=O)N=C(CCCCCl)c1ccccc1. The molecule has 0 amide bonds. The minimum Gasteiger partial charge on any atom is -0.242 e. The summed E-state index contributed by atoms with van der Waals surface area (Å²) in [4.78, 5) is 0. The topological polar surface area (TPSA) is 99.5 Å². The van der Waals surface area contributed by atoms with E-state index in [2.05, 4.69) is 107 Å². The van der Waals surface area contributed by atoms with E-state index >= 15 is 0 Å². The van der Waals surface area contributed by atoms with Gasteiger partial charge in [-0.3, -0.25) is 0 Å². The molecule has 0 spiro atoms. The zero-order valence-electron chi connectivity index (χ0n) is 48.8. The van der Waals surface area contributed by atoms with Gasteiger partial charge in [0.15, 0.2) is 0 Å². The van der Waals surface area contributed by atoms with Gasteiger partial charge in [0.2, 0.25) is 0 Å². The summed E-state index contributed by atoms with van der Waals surface area (Å²) in [5, 5.41) is 0. The lowest BCUT2D eigenvalue weighted by molar-refractivity contribution is 0.264. The molecule has 2 heterocycles. The van der Waals surface area contributed by atoms with E-state index < -0.39 is 43.9 Å². The Morgan fingerprint density at radius 1 is 0.447 bits per heavy atom. The van der Waals surface area contributed by atoms with Crippen LogP contribution in [0.3, 0.4) is 0 Å². The molecule has 0 aromatic heterocycles. The van der Waals surface area contributed by atoms with Crippen molar-refractivity contribution >= 4 is 78.6 Å². The summed E-state index contributed by atoms with van der Waals surface area (Å²) in [6, 6.07) is 41.5. The van der Waals surface area contributed by atoms with Gasteiger partial charge in [0.05, 0.1) is 30.4 Å². The first-order valence-electron chi connectivity index (χ1n) is 27.6. The van der Waals surface area contributed by atoms with Gasteiger partial charge in [-0.05, 0) is 170 Å². The molecule has 2 aliphatic heterocycles. The van der Waals surface area contributed by atoms with E-state index in [9.17, 15) is 16.8 Å². The van der Waals surface area contributed by atoms with Gasteiger partial charge >= 0.3 is 0 Å². The highest BCUT2D eigenvalue weighted by atomic mass is 35.5. The number of unbranched alkanes of at least 4 members (excludes halogenated alkanes) is 2. The molecule has 6 rings (SSSR count). The second kappa shape index (κ2) is 35.8. The van der Waals surface area contributed by atoms with Crippen LogP contribution in [0.25, 0.3) is 0 Å². The molecule has 6 atom stereocenters. The maximum absolute atomic E-state index is 12.6. The molecular weight excluding hydrogens is 1060 g/mol. The van der Waals surface area contributed by atoms with Crippen LogP contribution >= 0.6 is 23.2 Å². The molecule has 76 heavy (non-hydrogen) atoms. The maximum Gasteiger partial charge on any atom is 0.145 e. The van der Waals surface area contributed by atoms with Crippen LogP contribution in [-0.4, -0.2) is 80.7 Å². The summed E-state index contributed by atoms with van der Waals surface area (Å²) in [6.45, 7) is 29.9. The van der Waals surface area contributed by atoms with Crippen molar-refractivity contribution in [3.05, 3.63) is 144 Å². The number of benzene rings is 4. The molecule has 14 heteroatoms. The Hall–Kier alpha value is -2.68. The van der Waals surface area contributed by atoms with Crippen LogP contribution < -0.4 is 0 Å². The Balaban J connectivity index is 0.000000343. The van der Waals surface area contributed by atoms with Crippen LogP contribution in [-0.2, 0) is 43.9 Å². The molecule has 2 fully saturated rings. The van der Waals surface area contributed by atoms with Crippen molar-refractivity contribution in [2.24, 2.45) is 8.80 Å². The summed E-state index contributed by atoms with van der Waals surface area (Å²) < 4.78 is 61.9. The predicted molar refractivity (Wildman–Crippen MR) is 338 cm³/mol. The largest absolute Gasteiger partial charge is 0.242 e. The fourth-order valence-corrected chi connectivity index (χ4v) is 12.6. The molecule has 4 aromatic rings. The van der Waals surface area contributed by atoms with Gasteiger partial charge < -0.3 is 0 Å². The number of hydrogen-bond donors (Lipinski definition) is 0. The summed E-state index contributed by atoms with van der Waals surface area (Å²) in [5.41, 5.74) is 6.53. The zero-order valence-corrected chi connectivity index (χ0v) is 53.6. The summed E-state index contributed by atoms with van der Waals surface area (Å²) in [5.74, 6) is 1.31. The minimum atomic E-state index is -1.22. The van der Waals surface area contributed by atoms with Crippen LogP contribution in [0, 0.1) is 0 Å². The van der Waals surface area contributed by atoms with Crippen molar-refractivity contribution < 1.29 is 16.8 Å². The van der Waals surface area contributed by atoms with Crippen molar-refractivity contribution in [3.8, 4) is 0 Å². The predicted octanol–water partition coefficient (Wildman–Crippen LogP) is 17.1. The second-order valence-corrected chi connectivity index (χ2v) is 31.6. The molecule has 0 bridgehead atoms. The molecule has 8 nitrogen and oxygen atoms in total. The highest BCUT2D eigenvalue weighted by Gasteiger charge is 2.35. The molecule has 0 aliphatic carbocycles. The smallest absolute Gasteiger partial charge is 0.145 e. The van der Waals surface area contributed by atoms with Crippen molar-refractivity contribution in [1.82, 2.24) is 8.61 Å². The lowest BCUT2D eigenvalue weighted by Gasteiger charge is -2.38. The lowest BCUT2D eigenvalue weighted by Crippen LogP contribution is -2.42. The quantitative estimate of drug-likeness (QED) is 0.0634. The van der Waals surface area contributed by atoms with Gasteiger partial charge in [0, 0.05) is 36.9 Å². The minimum absolute atomic E-state index is 0.176. The van der Waals surface area contributed by atoms with Gasteiger partial charge in [-0.2, -0.15) is 8.80 Å². The number of piperidine rings is 2. The van der Waals surface area contributed by atoms with E-state index in [0.717, 1.165) is 99.8 Å². The first kappa shape index (κ1) is 69.4. The molecule has 0 unspecified atom stereocenters. The monoisotopic (exact) mass is 1160 g/mol. The first-order valence-corrected chi connectivity index (χ1v) is 33.1. The third-order valence-electron chi connectivity index (χ3n) is 12.0. The summed E-state index contributed by atoms with van der Waals surface area (Å²) >= 11 is 11.4. The van der Waals surface area contributed by atoms with Gasteiger partial charge in [-0.1, -0.05) is 148 Å². The standard InChI is InChI=1S/2C15H22ClNOS.2C15H23NOS.C2H6/c2*1-15(2,3)19(18)17-14(11-7-8-12-16)13-9-5-4-6-10-13;2*1-15(2,3)18(17)16-12-8-7-11-14(16)13-9-5-4-6-10-13;1-2/h2*4-6,9-10H,7-8,11-12H2,1-3H3;2*4-6,9-10,14H,7-8,11-12H2,1-3H3;1-2H3/t2*19-;14-,18+;14-,18-;/m0010./s1. The van der Waals surface area contributed by atoms with Crippen LogP contribution in [0.4, 0.5) is 0 Å². The van der Waals surface area contributed by atoms with E-state index in [1.165, 1.54) is 24.0 Å². The third kappa shape index (κ3) is 25.6. The summed E-state index contributed by atoms with van der Waals surface area (Å²) in [7, 11) is -4.28. The van der Waals surface area contributed by atoms with Crippen molar-refractivity contribution in [3.63, 3.8) is 0 Å². The molecule has 4 aromatic carbocycles. The van der Waals surface area contributed by atoms with Crippen LogP contribution in [0.1, 0.15) is 208 Å². The zero-order chi connectivity index (χ0) is 57.0. The number of hydrogen-bond acceptors (Lipinski definition) is 4. The lowest BCUT2D eigenvalue weighted by atomic mass is 9.98. The van der Waals surface area contributed by atoms with E-state index in [1.807, 2.05) is 128 Å². The average molecular weight is 1160 g/mol. The fraction of sp³-hybridized carbons (Fsp3) is 0.581. The number of rotatable bonds is 16. The number of nitrogens with zero attached hydrogens (tertiary/aromatic N) is 4. The average Bonchev–Trinajstić information content (AvgIpc) is 3.41. The molecule has 0 saturated carbocycles. The molecule has 0 N–H and O–H groups in total. The van der Waals surface area contributed by atoms with Crippen molar-refractivity contribution in [2.75, 3.05) is 24.8 Å². The first-order chi connectivity index (χ1) is 35.9. The van der Waals surface area contributed by atoms with Gasteiger partial charge in [0.1, 0.15) is 43.9 Å². The molecule has 0 radical (unpaired) electrons. The van der Waals surface area contributed by atoms with Gasteiger partial charge in [-0.15, -0.1) is 23.2 Å². The highest BCUT2D eigenvalue weighted by molar-refractivity contribution is 7.85. The Morgan fingerprint density at radius 2 is 0.737 bits per heavy atom. The van der Waals surface area contributed by atoms with Crippen LogP contribution in [0.5, 0.6) is 0 Å². The Labute approximate surface area is 482 Å². The molecule has 2 aliphatic rings. The van der Waals surface area contributed by atoms with E-state index in [-0.39, 0.29) is 19.0 Å².